The molecular weight excluding hydrogens is 902 g/mol. The van der Waals surface area contributed by atoms with E-state index in [9.17, 15) is 14.9 Å². The molecule has 17 heteroatoms. The molecule has 0 spiro atoms. The van der Waals surface area contributed by atoms with Gasteiger partial charge in [0, 0.05) is 25.2 Å². The van der Waals surface area contributed by atoms with Crippen LogP contribution in [-0.4, -0.2) is 93.1 Å². The van der Waals surface area contributed by atoms with Crippen molar-refractivity contribution >= 4 is 28.6 Å². The van der Waals surface area contributed by atoms with Crippen molar-refractivity contribution in [1.82, 2.24) is 14.2 Å². The summed E-state index contributed by atoms with van der Waals surface area (Å²) in [4.78, 5) is 30.5. The number of carbonyl (C=O) groups is 1. The van der Waals surface area contributed by atoms with Gasteiger partial charge in [-0.05, 0) is 91.3 Å². The van der Waals surface area contributed by atoms with Crippen LogP contribution < -0.4 is 20.5 Å². The molecule has 1 aromatic heterocycles. The monoisotopic (exact) mass is 973 g/mol. The Kier molecular flexibility index (Phi) is 19.9. The minimum Gasteiger partial charge on any atom is -0.497 e. The first-order valence-corrected chi connectivity index (χ1v) is 26.7. The normalized spacial score (nSPS) is 18.2. The van der Waals surface area contributed by atoms with Crippen molar-refractivity contribution in [2.24, 2.45) is 0 Å². The molecule has 370 valence electrons. The lowest BCUT2D eigenvalue weighted by molar-refractivity contribution is -0.148. The Morgan fingerprint density at radius 1 is 0.824 bits per heavy atom. The number of benzene rings is 3. The fraction of sp³-hybridized carbons (Fsp3) is 0.529. The van der Waals surface area contributed by atoms with E-state index in [1.54, 1.807) is 20.3 Å². The average Bonchev–Trinajstić information content (AvgIpc) is 3.63. The van der Waals surface area contributed by atoms with Crippen LogP contribution in [0.1, 0.15) is 106 Å². The summed E-state index contributed by atoms with van der Waals surface area (Å²) in [6.07, 6.45) is -2.35. The Morgan fingerprint density at radius 2 is 1.37 bits per heavy atom. The van der Waals surface area contributed by atoms with Gasteiger partial charge in [-0.1, -0.05) is 96.1 Å². The Morgan fingerprint density at radius 3 is 1.84 bits per heavy atom. The highest BCUT2D eigenvalue weighted by atomic mass is 31.2. The summed E-state index contributed by atoms with van der Waals surface area (Å²) in [6, 6.07) is 29.1. The molecule has 0 bridgehead atoms. The number of carbonyl (C=O) groups excluding carboxylic acids is 1. The van der Waals surface area contributed by atoms with E-state index in [-0.39, 0.29) is 66.9 Å². The van der Waals surface area contributed by atoms with Crippen LogP contribution in [0.3, 0.4) is 0 Å². The molecule has 3 aromatic carbocycles. The number of rotatable bonds is 25. The van der Waals surface area contributed by atoms with E-state index in [1.807, 2.05) is 78.9 Å². The second-order valence-electron chi connectivity index (χ2n) is 18.4. The Hall–Kier alpha value is -4.53. The number of amides is 1. The molecule has 68 heavy (non-hydrogen) atoms. The van der Waals surface area contributed by atoms with E-state index in [1.165, 1.54) is 17.7 Å². The molecule has 2 heterocycles. The van der Waals surface area contributed by atoms with Gasteiger partial charge in [-0.3, -0.25) is 9.36 Å². The van der Waals surface area contributed by atoms with E-state index < -0.39 is 52.7 Å². The molecule has 0 aliphatic carbocycles. The number of ether oxygens (including phenoxy) is 5. The van der Waals surface area contributed by atoms with Gasteiger partial charge >= 0.3 is 5.69 Å². The first-order chi connectivity index (χ1) is 32.4. The summed E-state index contributed by atoms with van der Waals surface area (Å²) in [5.74, 6) is 1.04. The predicted octanol–water partition coefficient (Wildman–Crippen LogP) is 10.3. The van der Waals surface area contributed by atoms with E-state index in [4.69, 9.17) is 37.2 Å². The quantitative estimate of drug-likeness (QED) is 0.0220. The summed E-state index contributed by atoms with van der Waals surface area (Å²) < 4.78 is 57.0. The van der Waals surface area contributed by atoms with E-state index in [2.05, 4.69) is 90.3 Å². The van der Waals surface area contributed by atoms with Gasteiger partial charge in [0.15, 0.2) is 6.23 Å². The minimum absolute atomic E-state index is 0.0238. The summed E-state index contributed by atoms with van der Waals surface area (Å²) in [7, 11) is -0.989. The zero-order valence-corrected chi connectivity index (χ0v) is 43.9. The topological polar surface area (TPSA) is 165 Å². The zero-order chi connectivity index (χ0) is 49.8. The molecule has 1 saturated heterocycles. The molecule has 4 aromatic rings. The van der Waals surface area contributed by atoms with Gasteiger partial charge in [0.2, 0.25) is 14.2 Å². The number of anilines is 1. The lowest BCUT2D eigenvalue weighted by atomic mass is 9.79. The summed E-state index contributed by atoms with van der Waals surface area (Å²) in [5.41, 5.74) is 1.06. The second kappa shape index (κ2) is 24.8. The number of nitrogens with zero attached hydrogens (tertiary/aromatic N) is 4. The van der Waals surface area contributed by atoms with Crippen LogP contribution in [0.4, 0.5) is 5.82 Å². The molecule has 1 N–H and O–H groups in total. The molecule has 1 unspecified atom stereocenters. The van der Waals surface area contributed by atoms with Crippen LogP contribution >= 0.6 is 8.53 Å². The van der Waals surface area contributed by atoms with Crippen LogP contribution in [0.5, 0.6) is 11.5 Å². The van der Waals surface area contributed by atoms with Crippen molar-refractivity contribution in [3.05, 3.63) is 118 Å². The third-order valence-electron chi connectivity index (χ3n) is 12.5. The Labute approximate surface area is 405 Å². The lowest BCUT2D eigenvalue weighted by Gasteiger charge is -2.43. The first kappa shape index (κ1) is 54.4. The lowest BCUT2D eigenvalue weighted by Crippen LogP contribution is -2.50. The van der Waals surface area contributed by atoms with Crippen molar-refractivity contribution in [2.45, 2.75) is 141 Å². The van der Waals surface area contributed by atoms with Crippen LogP contribution in [0, 0.1) is 11.3 Å². The zero-order valence-electron chi connectivity index (χ0n) is 42.0. The smallest absolute Gasteiger partial charge is 0.351 e. The van der Waals surface area contributed by atoms with Crippen molar-refractivity contribution in [3.8, 4) is 17.6 Å². The number of hydrogen-bond acceptors (Lipinski definition) is 13. The average molecular weight is 974 g/mol. The van der Waals surface area contributed by atoms with Gasteiger partial charge < -0.3 is 42.5 Å². The number of nitriles is 1. The maximum atomic E-state index is 14.2. The number of nitrogens with one attached hydrogen (secondary N) is 1. The molecule has 5 atom stereocenters. The highest BCUT2D eigenvalue weighted by Crippen LogP contribution is 2.50. The standard InChI is InChI=1S/C51H72N5O10PSi/c1-34(2)56(35(3)4)67(62-31-17-29-52)63-32-45-47(66-51(40-18-15-14-16-19-40,41-20-24-43(59-12)25-21-41)42-22-26-44(60-13)27-23-42)48(61-33-64-68(36(5)6,37(7)8)38(9)10)49(65-45)55-30-28-46(53-39(11)57)54-50(55)58/h14-16,18-28,30,34-38,45,47-49H,17,31-33H2,1-13H3,(H,53,54,57,58)/t45-,47-,48-,49-,67?/m1/s1. The molecular formula is C51H72N5O10PSi. The number of hydrogen-bond donors (Lipinski definition) is 1. The SMILES string of the molecule is COc1ccc(C(O[C@H]2[C@@H](OCO[Si](C(C)C)(C(C)C)C(C)C)[C@H](n3ccc(NC(C)=O)nc3=O)O[C@@H]2COP(OCCC#N)N(C(C)C)C(C)C)(c2ccccc2)c2ccc(OC)cc2)cc1. The number of aromatic nitrogens is 2. The van der Waals surface area contributed by atoms with Crippen LogP contribution in [0.25, 0.3) is 0 Å². The maximum Gasteiger partial charge on any atom is 0.351 e. The molecule has 0 saturated carbocycles. The third-order valence-corrected chi connectivity index (χ3v) is 20.6. The number of methoxy groups -OCH3 is 2. The molecule has 1 aliphatic heterocycles. The van der Waals surface area contributed by atoms with Gasteiger partial charge in [-0.25, -0.2) is 9.46 Å². The van der Waals surface area contributed by atoms with E-state index in [0.717, 1.165) is 16.7 Å². The fourth-order valence-corrected chi connectivity index (χ4v) is 16.5. The van der Waals surface area contributed by atoms with E-state index >= 15 is 0 Å². The van der Waals surface area contributed by atoms with Crippen molar-refractivity contribution in [1.29, 1.82) is 5.26 Å². The molecule has 5 rings (SSSR count). The van der Waals surface area contributed by atoms with Crippen molar-refractivity contribution < 1.29 is 42.0 Å². The van der Waals surface area contributed by atoms with Gasteiger partial charge in [-0.15, -0.1) is 0 Å². The van der Waals surface area contributed by atoms with Crippen LogP contribution in [-0.2, 0) is 38.1 Å². The maximum absolute atomic E-state index is 14.2. The second-order valence-corrected chi connectivity index (χ2v) is 25.3. The molecule has 1 fully saturated rings. The van der Waals surface area contributed by atoms with Gasteiger partial charge in [0.1, 0.15) is 48.0 Å². The Balaban J connectivity index is 1.78. The fourth-order valence-electron chi connectivity index (χ4n) is 9.64. The largest absolute Gasteiger partial charge is 0.497 e. The molecule has 15 nitrogen and oxygen atoms in total. The third kappa shape index (κ3) is 12.4. The summed E-state index contributed by atoms with van der Waals surface area (Å²) >= 11 is 0. The predicted molar refractivity (Wildman–Crippen MR) is 267 cm³/mol. The highest BCUT2D eigenvalue weighted by Gasteiger charge is 2.54. The van der Waals surface area contributed by atoms with Crippen LogP contribution in [0.2, 0.25) is 16.6 Å². The summed E-state index contributed by atoms with van der Waals surface area (Å²) in [5, 5.41) is 12.1. The molecule has 0 radical (unpaired) electrons. The minimum atomic E-state index is -2.50. The highest BCUT2D eigenvalue weighted by molar-refractivity contribution is 7.44. The van der Waals surface area contributed by atoms with Crippen molar-refractivity contribution in [2.75, 3.05) is 39.5 Å². The van der Waals surface area contributed by atoms with Crippen LogP contribution in [0.15, 0.2) is 95.9 Å². The van der Waals surface area contributed by atoms with Gasteiger partial charge in [-0.2, -0.15) is 10.2 Å². The summed E-state index contributed by atoms with van der Waals surface area (Å²) in [6.45, 7) is 22.9. The van der Waals surface area contributed by atoms with Crippen molar-refractivity contribution in [3.63, 3.8) is 0 Å². The van der Waals surface area contributed by atoms with Gasteiger partial charge in [0.25, 0.3) is 8.53 Å². The molecule has 1 amide bonds. The Bertz CT molecular complexity index is 2210. The molecule has 1 aliphatic rings. The van der Waals surface area contributed by atoms with Gasteiger partial charge in [0.05, 0.1) is 39.9 Å². The first-order valence-electron chi connectivity index (χ1n) is 23.5. The van der Waals surface area contributed by atoms with E-state index in [0.29, 0.717) is 11.5 Å².